The van der Waals surface area contributed by atoms with Crippen molar-refractivity contribution in [2.24, 2.45) is 7.05 Å². The molecule has 0 aliphatic carbocycles. The fraction of sp³-hybridized carbons (Fsp3) is 0.133. The fourth-order valence-corrected chi connectivity index (χ4v) is 2.15. The van der Waals surface area contributed by atoms with Crippen LogP contribution in [0.3, 0.4) is 0 Å². The second-order valence-corrected chi connectivity index (χ2v) is 4.48. The van der Waals surface area contributed by atoms with Gasteiger partial charge in [-0.1, -0.05) is 36.4 Å². The molecule has 100 valence electrons. The van der Waals surface area contributed by atoms with Crippen molar-refractivity contribution in [3.63, 3.8) is 0 Å². The minimum absolute atomic E-state index is 0.628. The predicted molar refractivity (Wildman–Crippen MR) is 79.2 cm³/mol. The van der Waals surface area contributed by atoms with E-state index in [2.05, 4.69) is 38.9 Å². The molecule has 3 rings (SSSR count). The van der Waals surface area contributed by atoms with E-state index in [0.29, 0.717) is 5.82 Å². The molecule has 1 heterocycles. The summed E-state index contributed by atoms with van der Waals surface area (Å²) in [5, 5.41) is 15.5. The van der Waals surface area contributed by atoms with Crippen LogP contribution in [0.1, 0.15) is 0 Å². The van der Waals surface area contributed by atoms with Gasteiger partial charge in [0, 0.05) is 18.3 Å². The van der Waals surface area contributed by atoms with Crippen molar-refractivity contribution in [1.29, 1.82) is 0 Å². The highest BCUT2D eigenvalue weighted by atomic mass is 15.6. The topological polar surface area (TPSA) is 55.6 Å². The van der Waals surface area contributed by atoms with E-state index in [-0.39, 0.29) is 0 Å². The monoisotopic (exact) mass is 265 g/mol. The first-order chi connectivity index (χ1) is 9.78. The van der Waals surface area contributed by atoms with E-state index in [4.69, 9.17) is 0 Å². The zero-order chi connectivity index (χ0) is 13.9. The van der Waals surface area contributed by atoms with Crippen LogP contribution in [-0.2, 0) is 7.05 Å². The molecule has 2 aromatic carbocycles. The van der Waals surface area contributed by atoms with Crippen LogP contribution >= 0.6 is 0 Å². The molecule has 5 nitrogen and oxygen atoms in total. The molecule has 0 spiro atoms. The molecule has 0 radical (unpaired) electrons. The van der Waals surface area contributed by atoms with Crippen LogP contribution in [0, 0.1) is 0 Å². The normalized spacial score (nSPS) is 10.5. The van der Waals surface area contributed by atoms with Gasteiger partial charge >= 0.3 is 0 Å². The van der Waals surface area contributed by atoms with Crippen molar-refractivity contribution < 1.29 is 0 Å². The quantitative estimate of drug-likeness (QED) is 0.791. The van der Waals surface area contributed by atoms with Gasteiger partial charge in [-0.25, -0.2) is 0 Å². The second kappa shape index (κ2) is 5.13. The van der Waals surface area contributed by atoms with Crippen LogP contribution in [0.15, 0.2) is 48.5 Å². The van der Waals surface area contributed by atoms with E-state index in [9.17, 15) is 0 Å². The van der Waals surface area contributed by atoms with Gasteiger partial charge in [-0.2, -0.15) is 4.80 Å². The number of aromatic nitrogens is 4. The Morgan fingerprint density at radius 3 is 2.45 bits per heavy atom. The van der Waals surface area contributed by atoms with Gasteiger partial charge in [-0.3, -0.25) is 0 Å². The Morgan fingerprint density at radius 2 is 1.80 bits per heavy atom. The van der Waals surface area contributed by atoms with E-state index in [1.807, 2.05) is 37.4 Å². The van der Waals surface area contributed by atoms with Crippen LogP contribution in [0.25, 0.3) is 22.5 Å². The summed E-state index contributed by atoms with van der Waals surface area (Å²) in [5.41, 5.74) is 4.22. The fourth-order valence-electron chi connectivity index (χ4n) is 2.15. The van der Waals surface area contributed by atoms with Crippen LogP contribution in [0.4, 0.5) is 5.69 Å². The van der Waals surface area contributed by atoms with Crippen molar-refractivity contribution >= 4 is 5.69 Å². The maximum atomic E-state index is 4.31. The van der Waals surface area contributed by atoms with E-state index in [1.54, 1.807) is 7.05 Å². The van der Waals surface area contributed by atoms with E-state index in [1.165, 1.54) is 4.80 Å². The third-order valence-electron chi connectivity index (χ3n) is 3.14. The molecule has 0 saturated heterocycles. The number of hydrogen-bond acceptors (Lipinski definition) is 4. The van der Waals surface area contributed by atoms with Gasteiger partial charge in [0.05, 0.1) is 7.05 Å². The average molecular weight is 265 g/mol. The molecule has 0 fully saturated rings. The number of hydrogen-bond donors (Lipinski definition) is 1. The van der Waals surface area contributed by atoms with Crippen LogP contribution < -0.4 is 5.32 Å². The Kier molecular flexibility index (Phi) is 3.16. The summed E-state index contributed by atoms with van der Waals surface area (Å²) in [4.78, 5) is 1.47. The third-order valence-corrected chi connectivity index (χ3v) is 3.14. The van der Waals surface area contributed by atoms with E-state index < -0.39 is 0 Å². The molecule has 5 heteroatoms. The number of nitrogens with zero attached hydrogens (tertiary/aromatic N) is 4. The number of rotatable bonds is 3. The zero-order valence-electron chi connectivity index (χ0n) is 11.4. The van der Waals surface area contributed by atoms with Crippen molar-refractivity contribution in [2.45, 2.75) is 0 Å². The molecule has 0 unspecified atom stereocenters. The lowest BCUT2D eigenvalue weighted by molar-refractivity contribution is 0.630. The van der Waals surface area contributed by atoms with Gasteiger partial charge in [0.15, 0.2) is 0 Å². The number of nitrogens with one attached hydrogen (secondary N) is 1. The number of benzene rings is 2. The van der Waals surface area contributed by atoms with Crippen LogP contribution in [0.5, 0.6) is 0 Å². The predicted octanol–water partition coefficient (Wildman–Crippen LogP) is 2.59. The van der Waals surface area contributed by atoms with Gasteiger partial charge in [0.2, 0.25) is 5.82 Å². The molecular formula is C15H15N5. The van der Waals surface area contributed by atoms with Crippen molar-refractivity contribution in [3.05, 3.63) is 48.5 Å². The Labute approximate surface area is 117 Å². The highest BCUT2D eigenvalue weighted by Crippen LogP contribution is 2.32. The molecule has 0 saturated carbocycles. The SMILES string of the molecule is CNc1ccc(-c2ccccc2)c(-c2nnn(C)n2)c1. The molecule has 3 aromatic rings. The van der Waals surface area contributed by atoms with Gasteiger partial charge in [0.25, 0.3) is 0 Å². The molecular weight excluding hydrogens is 250 g/mol. The Bertz CT molecular complexity index is 718. The minimum atomic E-state index is 0.628. The largest absolute Gasteiger partial charge is 0.388 e. The summed E-state index contributed by atoms with van der Waals surface area (Å²) in [6.45, 7) is 0. The molecule has 0 bridgehead atoms. The van der Waals surface area contributed by atoms with Crippen molar-refractivity contribution in [1.82, 2.24) is 20.2 Å². The van der Waals surface area contributed by atoms with Crippen molar-refractivity contribution in [2.75, 3.05) is 12.4 Å². The summed E-state index contributed by atoms with van der Waals surface area (Å²) >= 11 is 0. The first kappa shape index (κ1) is 12.3. The van der Waals surface area contributed by atoms with Crippen LogP contribution in [0.2, 0.25) is 0 Å². The molecule has 1 aromatic heterocycles. The van der Waals surface area contributed by atoms with Gasteiger partial charge in [0.1, 0.15) is 0 Å². The average Bonchev–Trinajstić information content (AvgIpc) is 2.94. The first-order valence-electron chi connectivity index (χ1n) is 6.39. The minimum Gasteiger partial charge on any atom is -0.388 e. The maximum absolute atomic E-state index is 4.31. The standard InChI is InChI=1S/C15H15N5/c1-16-12-8-9-13(11-6-4-3-5-7-11)14(10-12)15-17-19-20(2)18-15/h3-10,16H,1-2H3. The Morgan fingerprint density at radius 1 is 1.00 bits per heavy atom. The molecule has 0 aliphatic rings. The van der Waals surface area contributed by atoms with E-state index >= 15 is 0 Å². The summed E-state index contributed by atoms with van der Waals surface area (Å²) in [6, 6.07) is 16.4. The molecule has 0 aliphatic heterocycles. The van der Waals surface area contributed by atoms with Gasteiger partial charge < -0.3 is 5.32 Å². The number of tetrazole rings is 1. The second-order valence-electron chi connectivity index (χ2n) is 4.48. The zero-order valence-corrected chi connectivity index (χ0v) is 11.4. The summed E-state index contributed by atoms with van der Waals surface area (Å²) in [7, 11) is 3.66. The lowest BCUT2D eigenvalue weighted by Gasteiger charge is -2.09. The summed E-state index contributed by atoms with van der Waals surface area (Å²) < 4.78 is 0. The molecule has 0 amide bonds. The van der Waals surface area contributed by atoms with Gasteiger partial charge in [-0.05, 0) is 28.5 Å². The molecule has 20 heavy (non-hydrogen) atoms. The van der Waals surface area contributed by atoms with Crippen LogP contribution in [-0.4, -0.2) is 27.3 Å². The van der Waals surface area contributed by atoms with Gasteiger partial charge in [-0.15, -0.1) is 10.2 Å². The maximum Gasteiger partial charge on any atom is 0.205 e. The lowest BCUT2D eigenvalue weighted by atomic mass is 9.98. The smallest absolute Gasteiger partial charge is 0.205 e. The highest BCUT2D eigenvalue weighted by molar-refractivity contribution is 5.82. The number of anilines is 1. The number of aryl methyl sites for hydroxylation is 1. The highest BCUT2D eigenvalue weighted by Gasteiger charge is 2.12. The summed E-state index contributed by atoms with van der Waals surface area (Å²) in [6.07, 6.45) is 0. The third kappa shape index (κ3) is 2.25. The van der Waals surface area contributed by atoms with E-state index in [0.717, 1.165) is 22.4 Å². The van der Waals surface area contributed by atoms with Crippen molar-refractivity contribution in [3.8, 4) is 22.5 Å². The first-order valence-corrected chi connectivity index (χ1v) is 6.39. The lowest BCUT2D eigenvalue weighted by Crippen LogP contribution is -1.94. The molecule has 1 N–H and O–H groups in total. The Balaban J connectivity index is 2.19. The Hall–Kier alpha value is -2.69. The molecule has 0 atom stereocenters. The summed E-state index contributed by atoms with van der Waals surface area (Å²) in [5.74, 6) is 0.628.